The molecule has 5 nitrogen and oxygen atoms in total. The van der Waals surface area contributed by atoms with Gasteiger partial charge in [0, 0.05) is 43.5 Å². The molecular weight excluding hydrogens is 310 g/mol. The van der Waals surface area contributed by atoms with Crippen molar-refractivity contribution >= 4 is 23.6 Å². The summed E-state index contributed by atoms with van der Waals surface area (Å²) in [6, 6.07) is 8.26. The van der Waals surface area contributed by atoms with Crippen LogP contribution in [0.2, 0.25) is 0 Å². The Kier molecular flexibility index (Phi) is 3.81. The Hall–Kier alpha value is -1.53. The Morgan fingerprint density at radius 1 is 1.26 bits per heavy atom. The summed E-state index contributed by atoms with van der Waals surface area (Å²) in [5, 5.41) is 6.48. The summed E-state index contributed by atoms with van der Waals surface area (Å²) in [5.41, 5.74) is 2.52. The monoisotopic (exact) mass is 331 g/mol. The maximum absolute atomic E-state index is 12.5. The van der Waals surface area contributed by atoms with Crippen LogP contribution in [-0.2, 0) is 9.59 Å². The fraction of sp³-hybridized carbons (Fsp3) is 0.529. The van der Waals surface area contributed by atoms with Gasteiger partial charge in [-0.1, -0.05) is 24.3 Å². The van der Waals surface area contributed by atoms with Crippen LogP contribution in [0.5, 0.6) is 0 Å². The average Bonchev–Trinajstić information content (AvgIpc) is 3.24. The summed E-state index contributed by atoms with van der Waals surface area (Å²) in [5.74, 6) is 2.49. The molecule has 0 spiro atoms. The van der Waals surface area contributed by atoms with Crippen LogP contribution in [0, 0.1) is 5.92 Å². The van der Waals surface area contributed by atoms with Crippen molar-refractivity contribution in [3.8, 4) is 0 Å². The first-order valence-electron chi connectivity index (χ1n) is 8.11. The number of nitrogens with one attached hydrogen (secondary N) is 2. The first-order valence-corrected chi connectivity index (χ1v) is 9.26. The Morgan fingerprint density at radius 3 is 2.74 bits per heavy atom. The second kappa shape index (κ2) is 5.83. The minimum atomic E-state index is -0.100. The Balaban J connectivity index is 1.59. The molecule has 4 atom stereocenters. The highest BCUT2D eigenvalue weighted by atomic mass is 32.2. The van der Waals surface area contributed by atoms with E-state index in [1.165, 1.54) is 11.1 Å². The first kappa shape index (κ1) is 15.0. The molecule has 2 amide bonds. The predicted molar refractivity (Wildman–Crippen MR) is 90.1 cm³/mol. The number of nitrogens with zero attached hydrogens (tertiary/aromatic N) is 1. The van der Waals surface area contributed by atoms with Crippen LogP contribution >= 0.6 is 11.8 Å². The molecule has 2 heterocycles. The normalized spacial score (nSPS) is 31.8. The van der Waals surface area contributed by atoms with Gasteiger partial charge in [-0.05, 0) is 11.1 Å². The van der Waals surface area contributed by atoms with E-state index in [0.29, 0.717) is 5.92 Å². The van der Waals surface area contributed by atoms with E-state index >= 15 is 0 Å². The summed E-state index contributed by atoms with van der Waals surface area (Å²) in [4.78, 5) is 26.2. The highest BCUT2D eigenvalue weighted by Gasteiger charge is 2.47. The number of carbonyl (C=O) groups excluding carboxylic acids is 2. The van der Waals surface area contributed by atoms with Crippen molar-refractivity contribution in [3.63, 3.8) is 0 Å². The molecule has 1 aliphatic carbocycles. The van der Waals surface area contributed by atoms with Crippen molar-refractivity contribution in [3.05, 3.63) is 35.4 Å². The van der Waals surface area contributed by atoms with Crippen LogP contribution in [0.4, 0.5) is 0 Å². The van der Waals surface area contributed by atoms with Gasteiger partial charge in [0.1, 0.15) is 0 Å². The number of likely N-dealkylation sites (tertiary alicyclic amines) is 1. The third-order valence-electron chi connectivity index (χ3n) is 5.30. The smallest absolute Gasteiger partial charge is 0.238 e. The van der Waals surface area contributed by atoms with Crippen LogP contribution < -0.4 is 10.6 Å². The summed E-state index contributed by atoms with van der Waals surface area (Å²) in [6.07, 6.45) is 0. The molecule has 122 valence electrons. The maximum Gasteiger partial charge on any atom is 0.238 e. The summed E-state index contributed by atoms with van der Waals surface area (Å²) in [7, 11) is 0. The molecule has 3 aliphatic rings. The first-order chi connectivity index (χ1) is 11.1. The topological polar surface area (TPSA) is 61.4 Å². The molecule has 0 saturated carbocycles. The number of hydrogen-bond acceptors (Lipinski definition) is 4. The van der Waals surface area contributed by atoms with Gasteiger partial charge < -0.3 is 10.2 Å². The molecule has 2 N–H and O–H groups in total. The van der Waals surface area contributed by atoms with Crippen molar-refractivity contribution in [2.24, 2.45) is 5.92 Å². The van der Waals surface area contributed by atoms with Gasteiger partial charge in [0.2, 0.25) is 11.8 Å². The second-order valence-electron chi connectivity index (χ2n) is 6.58. The molecular formula is C17H21N3O2S. The van der Waals surface area contributed by atoms with E-state index in [9.17, 15) is 9.59 Å². The van der Waals surface area contributed by atoms with E-state index in [1.54, 1.807) is 18.7 Å². The van der Waals surface area contributed by atoms with E-state index in [-0.39, 0.29) is 29.8 Å². The van der Waals surface area contributed by atoms with Gasteiger partial charge in [-0.15, -0.1) is 11.8 Å². The van der Waals surface area contributed by atoms with Gasteiger partial charge in [0.05, 0.1) is 12.1 Å². The summed E-state index contributed by atoms with van der Waals surface area (Å²) < 4.78 is 0. The van der Waals surface area contributed by atoms with Crippen molar-refractivity contribution in [1.82, 2.24) is 15.5 Å². The number of benzene rings is 1. The average molecular weight is 331 g/mol. The van der Waals surface area contributed by atoms with Crippen molar-refractivity contribution in [2.45, 2.75) is 24.9 Å². The quantitative estimate of drug-likeness (QED) is 0.851. The Morgan fingerprint density at radius 2 is 2.04 bits per heavy atom. The van der Waals surface area contributed by atoms with Crippen LogP contribution in [0.25, 0.3) is 0 Å². The van der Waals surface area contributed by atoms with Gasteiger partial charge in [0.15, 0.2) is 0 Å². The third kappa shape index (κ3) is 2.54. The molecule has 2 saturated heterocycles. The Labute approximate surface area is 140 Å². The van der Waals surface area contributed by atoms with E-state index in [2.05, 4.69) is 22.8 Å². The zero-order valence-electron chi connectivity index (χ0n) is 13.1. The lowest BCUT2D eigenvalue weighted by molar-refractivity contribution is -0.128. The molecule has 0 bridgehead atoms. The second-order valence-corrected chi connectivity index (χ2v) is 7.61. The summed E-state index contributed by atoms with van der Waals surface area (Å²) >= 11 is 1.75. The molecule has 0 radical (unpaired) electrons. The largest absolute Gasteiger partial charge is 0.348 e. The van der Waals surface area contributed by atoms with Crippen LogP contribution in [0.15, 0.2) is 24.3 Å². The van der Waals surface area contributed by atoms with Gasteiger partial charge in [-0.3, -0.25) is 14.9 Å². The standard InChI is InChI=1S/C17H21N3O2S/c1-10(21)20-6-13-11-4-2-3-5-12(11)16(14(13)7-20)19-17(22)15-8-23-9-18-15/h2-5,13-16,18H,6-9H2,1H3,(H,19,22)/t13-,14-,15-,16+/m0/s1. The molecule has 4 rings (SSSR count). The highest BCUT2D eigenvalue weighted by molar-refractivity contribution is 7.99. The van der Waals surface area contributed by atoms with Gasteiger partial charge in [0.25, 0.3) is 0 Å². The predicted octanol–water partition coefficient (Wildman–Crippen LogP) is 1.08. The molecule has 0 unspecified atom stereocenters. The van der Waals surface area contributed by atoms with Gasteiger partial charge >= 0.3 is 0 Å². The molecule has 0 aromatic heterocycles. The number of rotatable bonds is 2. The zero-order chi connectivity index (χ0) is 16.0. The minimum absolute atomic E-state index is 0.0143. The van der Waals surface area contributed by atoms with Gasteiger partial charge in [-0.2, -0.15) is 0 Å². The lowest BCUT2D eigenvalue weighted by Crippen LogP contribution is -2.45. The highest BCUT2D eigenvalue weighted by Crippen LogP contribution is 2.49. The molecule has 6 heteroatoms. The van der Waals surface area contributed by atoms with E-state index in [0.717, 1.165) is 24.7 Å². The molecule has 2 aliphatic heterocycles. The lowest BCUT2D eigenvalue weighted by atomic mass is 9.94. The number of amides is 2. The van der Waals surface area contributed by atoms with E-state index < -0.39 is 0 Å². The number of carbonyl (C=O) groups is 2. The number of thioether (sulfide) groups is 1. The number of fused-ring (bicyclic) bond motifs is 3. The third-order valence-corrected chi connectivity index (χ3v) is 6.24. The fourth-order valence-corrected chi connectivity index (χ4v) is 5.06. The van der Waals surface area contributed by atoms with E-state index in [4.69, 9.17) is 0 Å². The molecule has 2 fully saturated rings. The summed E-state index contributed by atoms with van der Waals surface area (Å²) in [6.45, 7) is 3.12. The van der Waals surface area contributed by atoms with Gasteiger partial charge in [-0.25, -0.2) is 0 Å². The molecule has 1 aromatic carbocycles. The van der Waals surface area contributed by atoms with Crippen LogP contribution in [0.1, 0.15) is 30.0 Å². The zero-order valence-corrected chi connectivity index (χ0v) is 13.9. The van der Waals surface area contributed by atoms with E-state index in [1.807, 2.05) is 17.0 Å². The van der Waals surface area contributed by atoms with Crippen LogP contribution in [-0.4, -0.2) is 47.5 Å². The minimum Gasteiger partial charge on any atom is -0.348 e. The maximum atomic E-state index is 12.5. The van der Waals surface area contributed by atoms with Crippen LogP contribution in [0.3, 0.4) is 0 Å². The SMILES string of the molecule is CC(=O)N1C[C@@H]2[C@H](NC(=O)[C@@H]3CSCN3)c3ccccc3[C@@H]2C1. The molecule has 23 heavy (non-hydrogen) atoms. The van der Waals surface area contributed by atoms with Crippen molar-refractivity contribution < 1.29 is 9.59 Å². The number of hydrogen-bond donors (Lipinski definition) is 2. The Bertz CT molecular complexity index is 644. The van der Waals surface area contributed by atoms with Crippen molar-refractivity contribution in [1.29, 1.82) is 0 Å². The fourth-order valence-electron chi connectivity index (χ4n) is 4.12. The van der Waals surface area contributed by atoms with Crippen molar-refractivity contribution in [2.75, 3.05) is 24.7 Å². The lowest BCUT2D eigenvalue weighted by Gasteiger charge is -2.24. The molecule has 1 aromatic rings.